The number of carbonyl (C=O) groups is 1. The van der Waals surface area contributed by atoms with E-state index in [0.29, 0.717) is 11.6 Å². The van der Waals surface area contributed by atoms with Gasteiger partial charge < -0.3 is 14.8 Å². The van der Waals surface area contributed by atoms with Crippen molar-refractivity contribution in [2.24, 2.45) is 4.99 Å². The summed E-state index contributed by atoms with van der Waals surface area (Å²) in [6.07, 6.45) is -0.391. The second kappa shape index (κ2) is 6.74. The molecule has 2 aliphatic heterocycles. The molecule has 1 atom stereocenters. The number of benzene rings is 1. The van der Waals surface area contributed by atoms with Crippen LogP contribution in [0.3, 0.4) is 0 Å². The van der Waals surface area contributed by atoms with Gasteiger partial charge in [0.1, 0.15) is 17.2 Å². The highest BCUT2D eigenvalue weighted by molar-refractivity contribution is 6.34. The lowest BCUT2D eigenvalue weighted by molar-refractivity contribution is -0.0626. The van der Waals surface area contributed by atoms with E-state index >= 15 is 0 Å². The van der Waals surface area contributed by atoms with Crippen LogP contribution in [0, 0.1) is 0 Å². The topological polar surface area (TPSA) is 63.2 Å². The Balaban J connectivity index is 1.94. The Morgan fingerprint density at radius 1 is 1.42 bits per heavy atom. The molecular formula is C19H26ClN3O3. The van der Waals surface area contributed by atoms with Crippen LogP contribution in [-0.2, 0) is 9.47 Å². The van der Waals surface area contributed by atoms with Gasteiger partial charge in [-0.3, -0.25) is 9.89 Å². The van der Waals surface area contributed by atoms with Gasteiger partial charge in [0.25, 0.3) is 0 Å². The van der Waals surface area contributed by atoms with Gasteiger partial charge in [0.2, 0.25) is 0 Å². The monoisotopic (exact) mass is 379 g/mol. The molecule has 7 heteroatoms. The van der Waals surface area contributed by atoms with E-state index in [1.54, 1.807) is 4.90 Å². The number of amides is 1. The minimum atomic E-state index is -0.754. The van der Waals surface area contributed by atoms with E-state index < -0.39 is 17.4 Å². The molecule has 0 radical (unpaired) electrons. The van der Waals surface area contributed by atoms with E-state index in [1.807, 2.05) is 52.8 Å². The normalized spacial score (nSPS) is 22.2. The highest BCUT2D eigenvalue weighted by atomic mass is 35.5. The molecule has 0 unspecified atom stereocenters. The number of hydrogen-bond acceptors (Lipinski definition) is 5. The van der Waals surface area contributed by atoms with Crippen molar-refractivity contribution in [3.8, 4) is 0 Å². The van der Waals surface area contributed by atoms with Crippen LogP contribution >= 0.6 is 11.6 Å². The number of carbonyl (C=O) groups excluding carboxylic acids is 1. The zero-order valence-electron chi connectivity index (χ0n) is 15.9. The van der Waals surface area contributed by atoms with Crippen molar-refractivity contribution in [2.75, 3.05) is 19.7 Å². The Kier molecular flexibility index (Phi) is 4.92. The van der Waals surface area contributed by atoms with Gasteiger partial charge in [-0.15, -0.1) is 0 Å². The van der Waals surface area contributed by atoms with Crippen molar-refractivity contribution in [3.05, 3.63) is 34.3 Å². The molecule has 1 N–H and O–H groups in total. The zero-order chi connectivity index (χ0) is 19.1. The molecule has 142 valence electrons. The SMILES string of the molecule is CC(C)(C)OC(=O)N1[C@@H](c2ccc(Cl)c(C3=NCCN3)c2)COC1(C)C. The fourth-order valence-corrected chi connectivity index (χ4v) is 3.42. The van der Waals surface area contributed by atoms with Crippen molar-refractivity contribution in [1.82, 2.24) is 10.2 Å². The predicted molar refractivity (Wildman–Crippen MR) is 102 cm³/mol. The molecular weight excluding hydrogens is 354 g/mol. The predicted octanol–water partition coefficient (Wildman–Crippen LogP) is 3.73. The van der Waals surface area contributed by atoms with Gasteiger partial charge >= 0.3 is 6.09 Å². The van der Waals surface area contributed by atoms with Gasteiger partial charge in [-0.2, -0.15) is 0 Å². The zero-order valence-corrected chi connectivity index (χ0v) is 16.7. The summed E-state index contributed by atoms with van der Waals surface area (Å²) in [4.78, 5) is 18.9. The Labute approximate surface area is 159 Å². The van der Waals surface area contributed by atoms with Crippen LogP contribution in [0.1, 0.15) is 51.8 Å². The molecule has 1 saturated heterocycles. The van der Waals surface area contributed by atoms with Crippen molar-refractivity contribution < 1.29 is 14.3 Å². The summed E-state index contributed by atoms with van der Waals surface area (Å²) < 4.78 is 11.5. The maximum atomic E-state index is 12.8. The van der Waals surface area contributed by atoms with E-state index in [-0.39, 0.29) is 6.04 Å². The number of nitrogens with one attached hydrogen (secondary N) is 1. The average Bonchev–Trinajstić information content (AvgIpc) is 3.13. The van der Waals surface area contributed by atoms with Crippen LogP contribution in [0.15, 0.2) is 23.2 Å². The first kappa shape index (κ1) is 19.0. The van der Waals surface area contributed by atoms with Crippen molar-refractivity contribution in [3.63, 3.8) is 0 Å². The third-order valence-corrected chi connectivity index (χ3v) is 4.71. The maximum Gasteiger partial charge on any atom is 0.413 e. The Morgan fingerprint density at radius 3 is 2.77 bits per heavy atom. The molecule has 0 spiro atoms. The molecule has 1 aromatic carbocycles. The molecule has 6 nitrogen and oxygen atoms in total. The lowest BCUT2D eigenvalue weighted by atomic mass is 10.0. The van der Waals surface area contributed by atoms with Crippen LogP contribution in [0.25, 0.3) is 0 Å². The molecule has 0 aliphatic carbocycles. The van der Waals surface area contributed by atoms with Gasteiger partial charge in [0, 0.05) is 12.1 Å². The van der Waals surface area contributed by atoms with Crippen molar-refractivity contribution >= 4 is 23.5 Å². The minimum absolute atomic E-state index is 0.252. The second-order valence-corrected chi connectivity index (χ2v) is 8.43. The fraction of sp³-hybridized carbons (Fsp3) is 0.579. The van der Waals surface area contributed by atoms with Crippen molar-refractivity contribution in [2.45, 2.75) is 52.0 Å². The lowest BCUT2D eigenvalue weighted by Crippen LogP contribution is -2.47. The number of nitrogens with zero attached hydrogens (tertiary/aromatic N) is 2. The number of halogens is 1. The summed E-state index contributed by atoms with van der Waals surface area (Å²) in [6.45, 7) is 11.2. The highest BCUT2D eigenvalue weighted by Crippen LogP contribution is 2.39. The third kappa shape index (κ3) is 3.81. The quantitative estimate of drug-likeness (QED) is 0.850. The number of rotatable bonds is 2. The highest BCUT2D eigenvalue weighted by Gasteiger charge is 2.46. The van der Waals surface area contributed by atoms with E-state index in [0.717, 1.165) is 30.1 Å². The standard InChI is InChI=1S/C19H26ClN3O3/c1-18(2,3)26-17(24)23-15(11-25-19(23,4)5)12-6-7-14(20)13(10-12)16-21-8-9-22-16/h6-7,10,15H,8-9,11H2,1-5H3,(H,21,22)/t15-/m1/s1. The smallest absolute Gasteiger partial charge is 0.413 e. The Morgan fingerprint density at radius 2 is 2.15 bits per heavy atom. The molecule has 1 fully saturated rings. The summed E-state index contributed by atoms with van der Waals surface area (Å²) in [5, 5.41) is 3.87. The molecule has 26 heavy (non-hydrogen) atoms. The summed E-state index contributed by atoms with van der Waals surface area (Å²) in [6, 6.07) is 5.49. The molecule has 0 bridgehead atoms. The van der Waals surface area contributed by atoms with Crippen LogP contribution in [0.4, 0.5) is 4.79 Å². The van der Waals surface area contributed by atoms with Crippen LogP contribution in [0.2, 0.25) is 5.02 Å². The third-order valence-electron chi connectivity index (χ3n) is 4.38. The van der Waals surface area contributed by atoms with Crippen LogP contribution < -0.4 is 5.32 Å². The molecule has 0 saturated carbocycles. The van der Waals surface area contributed by atoms with E-state index in [1.165, 1.54) is 0 Å². The summed E-state index contributed by atoms with van der Waals surface area (Å²) in [7, 11) is 0. The second-order valence-electron chi connectivity index (χ2n) is 8.02. The molecule has 2 aliphatic rings. The first-order valence-electron chi connectivity index (χ1n) is 8.83. The van der Waals surface area contributed by atoms with E-state index in [4.69, 9.17) is 21.1 Å². The Hall–Kier alpha value is -1.79. The fourth-order valence-electron chi connectivity index (χ4n) is 3.22. The van der Waals surface area contributed by atoms with Gasteiger partial charge in [-0.1, -0.05) is 17.7 Å². The number of hydrogen-bond donors (Lipinski definition) is 1. The van der Waals surface area contributed by atoms with E-state index in [2.05, 4.69) is 10.3 Å². The van der Waals surface area contributed by atoms with Gasteiger partial charge in [0.15, 0.2) is 0 Å². The molecule has 1 aromatic rings. The van der Waals surface area contributed by atoms with Gasteiger partial charge in [-0.25, -0.2) is 4.79 Å². The summed E-state index contributed by atoms with van der Waals surface area (Å²) >= 11 is 6.37. The first-order chi connectivity index (χ1) is 12.1. The maximum absolute atomic E-state index is 12.8. The number of amidine groups is 1. The van der Waals surface area contributed by atoms with Crippen molar-refractivity contribution in [1.29, 1.82) is 0 Å². The molecule has 0 aromatic heterocycles. The minimum Gasteiger partial charge on any atom is -0.444 e. The molecule has 1 amide bonds. The van der Waals surface area contributed by atoms with Gasteiger partial charge in [0.05, 0.1) is 24.2 Å². The van der Waals surface area contributed by atoms with Crippen LogP contribution in [0.5, 0.6) is 0 Å². The summed E-state index contributed by atoms with van der Waals surface area (Å²) in [5.41, 5.74) is 0.455. The first-order valence-corrected chi connectivity index (χ1v) is 9.21. The number of aliphatic imine (C=N–C) groups is 1. The molecule has 3 rings (SSSR count). The summed E-state index contributed by atoms with van der Waals surface area (Å²) in [5.74, 6) is 0.791. The molecule has 2 heterocycles. The lowest BCUT2D eigenvalue weighted by Gasteiger charge is -2.35. The Bertz CT molecular complexity index is 740. The van der Waals surface area contributed by atoms with Gasteiger partial charge in [-0.05, 0) is 52.3 Å². The van der Waals surface area contributed by atoms with Crippen LogP contribution in [-0.4, -0.2) is 47.9 Å². The number of ether oxygens (including phenoxy) is 2. The average molecular weight is 380 g/mol. The largest absolute Gasteiger partial charge is 0.444 e. The van der Waals surface area contributed by atoms with E-state index in [9.17, 15) is 4.79 Å².